The quantitative estimate of drug-likeness (QED) is 0.722. The summed E-state index contributed by atoms with van der Waals surface area (Å²) in [4.78, 5) is 0. The zero-order valence-corrected chi connectivity index (χ0v) is 8.97. The summed E-state index contributed by atoms with van der Waals surface area (Å²) in [6.07, 6.45) is 16.3. The van der Waals surface area contributed by atoms with E-state index in [0.717, 1.165) is 6.04 Å². The molecule has 1 heteroatoms. The van der Waals surface area contributed by atoms with Gasteiger partial charge in [0.25, 0.3) is 0 Å². The highest BCUT2D eigenvalue weighted by molar-refractivity contribution is 5.22. The van der Waals surface area contributed by atoms with Crippen LogP contribution in [0.15, 0.2) is 23.8 Å². The smallest absolute Gasteiger partial charge is 0.00702 e. The van der Waals surface area contributed by atoms with Crippen LogP contribution in [0.25, 0.3) is 0 Å². The van der Waals surface area contributed by atoms with Gasteiger partial charge >= 0.3 is 0 Å². The van der Waals surface area contributed by atoms with Crippen LogP contribution in [0, 0.1) is 0 Å². The molecule has 0 saturated carbocycles. The van der Waals surface area contributed by atoms with Gasteiger partial charge in [0.1, 0.15) is 0 Å². The van der Waals surface area contributed by atoms with Crippen molar-refractivity contribution < 1.29 is 0 Å². The normalized spacial score (nSPS) is 27.4. The third-order valence-electron chi connectivity index (χ3n) is 3.27. The maximum absolute atomic E-state index is 3.61. The second kappa shape index (κ2) is 5.35. The van der Waals surface area contributed by atoms with Gasteiger partial charge in [0, 0.05) is 6.04 Å². The van der Waals surface area contributed by atoms with Crippen LogP contribution in [0.1, 0.15) is 44.9 Å². The minimum Gasteiger partial charge on any atom is -0.314 e. The van der Waals surface area contributed by atoms with Crippen LogP contribution in [0.2, 0.25) is 0 Å². The van der Waals surface area contributed by atoms with Crippen LogP contribution in [0.4, 0.5) is 0 Å². The molecule has 0 spiro atoms. The second-order valence-electron chi connectivity index (χ2n) is 4.44. The minimum absolute atomic E-state index is 0.792. The standard InChI is InChI=1S/C13H21N/c1-2-6-12(7-3-1)9-10-13-8-4-5-11-14-13/h2,6-7,13-14H,1,3-5,8-11H2. The van der Waals surface area contributed by atoms with Crippen LogP contribution in [-0.2, 0) is 0 Å². The molecule has 1 fully saturated rings. The van der Waals surface area contributed by atoms with Gasteiger partial charge in [-0.05, 0) is 45.1 Å². The third kappa shape index (κ3) is 2.98. The first-order valence-electron chi connectivity index (χ1n) is 6.04. The summed E-state index contributed by atoms with van der Waals surface area (Å²) in [7, 11) is 0. The first-order chi connectivity index (χ1) is 6.95. The fourth-order valence-corrected chi connectivity index (χ4v) is 2.36. The summed E-state index contributed by atoms with van der Waals surface area (Å²) < 4.78 is 0. The highest BCUT2D eigenvalue weighted by atomic mass is 14.9. The number of hydrogen-bond donors (Lipinski definition) is 1. The summed E-state index contributed by atoms with van der Waals surface area (Å²) in [6.45, 7) is 1.24. The Hall–Kier alpha value is -0.560. The van der Waals surface area contributed by atoms with Gasteiger partial charge in [0.05, 0.1) is 0 Å². The Balaban J connectivity index is 1.70. The maximum Gasteiger partial charge on any atom is 0.00702 e. The molecular weight excluding hydrogens is 170 g/mol. The SMILES string of the molecule is C1=CC(CCC2CCCCN2)=CCC1. The van der Waals surface area contributed by atoms with Gasteiger partial charge in [0.15, 0.2) is 0 Å². The Labute approximate surface area is 87.3 Å². The van der Waals surface area contributed by atoms with Gasteiger partial charge in [0.2, 0.25) is 0 Å². The van der Waals surface area contributed by atoms with Gasteiger partial charge in [-0.2, -0.15) is 0 Å². The molecule has 0 bridgehead atoms. The lowest BCUT2D eigenvalue weighted by Crippen LogP contribution is -2.33. The first kappa shape index (κ1) is 9.97. The molecule has 1 saturated heterocycles. The van der Waals surface area contributed by atoms with Crippen LogP contribution in [0.3, 0.4) is 0 Å². The number of hydrogen-bond acceptors (Lipinski definition) is 1. The fourth-order valence-electron chi connectivity index (χ4n) is 2.36. The van der Waals surface area contributed by atoms with E-state index in [1.165, 1.54) is 51.5 Å². The third-order valence-corrected chi connectivity index (χ3v) is 3.27. The van der Waals surface area contributed by atoms with E-state index in [9.17, 15) is 0 Å². The van der Waals surface area contributed by atoms with Crippen molar-refractivity contribution in [3.8, 4) is 0 Å². The molecule has 1 atom stereocenters. The van der Waals surface area contributed by atoms with Crippen molar-refractivity contribution in [2.75, 3.05) is 6.54 Å². The molecule has 0 amide bonds. The predicted molar refractivity (Wildman–Crippen MR) is 61.3 cm³/mol. The number of rotatable bonds is 3. The van der Waals surface area contributed by atoms with E-state index in [-0.39, 0.29) is 0 Å². The lowest BCUT2D eigenvalue weighted by Gasteiger charge is -2.23. The van der Waals surface area contributed by atoms with Crippen molar-refractivity contribution in [1.29, 1.82) is 0 Å². The summed E-state index contributed by atoms with van der Waals surface area (Å²) >= 11 is 0. The average Bonchev–Trinajstić information content (AvgIpc) is 2.29. The van der Waals surface area contributed by atoms with E-state index in [4.69, 9.17) is 0 Å². The average molecular weight is 191 g/mol. The van der Waals surface area contributed by atoms with Crippen molar-refractivity contribution in [2.24, 2.45) is 0 Å². The zero-order valence-electron chi connectivity index (χ0n) is 8.97. The fraction of sp³-hybridized carbons (Fsp3) is 0.692. The first-order valence-corrected chi connectivity index (χ1v) is 6.04. The molecule has 1 heterocycles. The number of allylic oxidation sites excluding steroid dienone is 4. The van der Waals surface area contributed by atoms with Gasteiger partial charge < -0.3 is 5.32 Å². The van der Waals surface area contributed by atoms with Crippen molar-refractivity contribution in [3.05, 3.63) is 23.8 Å². The van der Waals surface area contributed by atoms with Crippen LogP contribution < -0.4 is 5.32 Å². The number of piperidine rings is 1. The zero-order chi connectivity index (χ0) is 9.64. The van der Waals surface area contributed by atoms with Crippen LogP contribution >= 0.6 is 0 Å². The highest BCUT2D eigenvalue weighted by Crippen LogP contribution is 2.18. The lowest BCUT2D eigenvalue weighted by molar-refractivity contribution is 0.383. The molecule has 1 nitrogen and oxygen atoms in total. The molecule has 0 aromatic heterocycles. The molecule has 2 aliphatic rings. The van der Waals surface area contributed by atoms with Gasteiger partial charge in [-0.25, -0.2) is 0 Å². The van der Waals surface area contributed by atoms with E-state index >= 15 is 0 Å². The van der Waals surface area contributed by atoms with Crippen molar-refractivity contribution in [2.45, 2.75) is 51.0 Å². The summed E-state index contributed by atoms with van der Waals surface area (Å²) in [5.41, 5.74) is 1.56. The van der Waals surface area contributed by atoms with Gasteiger partial charge in [-0.1, -0.05) is 30.2 Å². The molecule has 1 aliphatic carbocycles. The molecule has 0 aromatic carbocycles. The molecule has 78 valence electrons. The van der Waals surface area contributed by atoms with E-state index in [1.807, 2.05) is 0 Å². The maximum atomic E-state index is 3.61. The Morgan fingerprint density at radius 3 is 3.00 bits per heavy atom. The summed E-state index contributed by atoms with van der Waals surface area (Å²) in [5, 5.41) is 3.61. The van der Waals surface area contributed by atoms with Crippen LogP contribution in [0.5, 0.6) is 0 Å². The van der Waals surface area contributed by atoms with Crippen molar-refractivity contribution in [1.82, 2.24) is 5.32 Å². The lowest BCUT2D eigenvalue weighted by atomic mass is 9.96. The Morgan fingerprint density at radius 1 is 1.29 bits per heavy atom. The Kier molecular flexibility index (Phi) is 3.81. The molecule has 1 N–H and O–H groups in total. The molecule has 0 aromatic rings. The summed E-state index contributed by atoms with van der Waals surface area (Å²) in [6, 6.07) is 0.792. The topological polar surface area (TPSA) is 12.0 Å². The van der Waals surface area contributed by atoms with E-state index in [0.29, 0.717) is 0 Å². The molecule has 14 heavy (non-hydrogen) atoms. The van der Waals surface area contributed by atoms with Crippen molar-refractivity contribution >= 4 is 0 Å². The van der Waals surface area contributed by atoms with Gasteiger partial charge in [-0.15, -0.1) is 0 Å². The van der Waals surface area contributed by atoms with Gasteiger partial charge in [-0.3, -0.25) is 0 Å². The van der Waals surface area contributed by atoms with E-state index < -0.39 is 0 Å². The Bertz CT molecular complexity index is 221. The second-order valence-corrected chi connectivity index (χ2v) is 4.44. The van der Waals surface area contributed by atoms with E-state index in [2.05, 4.69) is 23.5 Å². The molecule has 0 radical (unpaired) electrons. The van der Waals surface area contributed by atoms with Crippen molar-refractivity contribution in [3.63, 3.8) is 0 Å². The summed E-state index contributed by atoms with van der Waals surface area (Å²) in [5.74, 6) is 0. The molecule has 1 unspecified atom stereocenters. The monoisotopic (exact) mass is 191 g/mol. The molecule has 2 rings (SSSR count). The van der Waals surface area contributed by atoms with E-state index in [1.54, 1.807) is 5.57 Å². The van der Waals surface area contributed by atoms with Crippen LogP contribution in [-0.4, -0.2) is 12.6 Å². The molecular formula is C13H21N. The minimum atomic E-state index is 0.792. The Morgan fingerprint density at radius 2 is 2.29 bits per heavy atom. The predicted octanol–water partition coefficient (Wildman–Crippen LogP) is 3.19. The largest absolute Gasteiger partial charge is 0.314 e. The number of nitrogens with one attached hydrogen (secondary N) is 1. The molecule has 1 aliphatic heterocycles. The highest BCUT2D eigenvalue weighted by Gasteiger charge is 2.12.